The van der Waals surface area contributed by atoms with Crippen molar-refractivity contribution in [3.05, 3.63) is 35.9 Å². The van der Waals surface area contributed by atoms with E-state index in [0.717, 1.165) is 39.0 Å². The Bertz CT molecular complexity index is 618. The number of hydrogen-bond donors (Lipinski definition) is 2. The van der Waals surface area contributed by atoms with Crippen molar-refractivity contribution in [2.24, 2.45) is 10.8 Å². The fourth-order valence-corrected chi connectivity index (χ4v) is 4.30. The van der Waals surface area contributed by atoms with E-state index in [0.29, 0.717) is 17.4 Å². The van der Waals surface area contributed by atoms with Gasteiger partial charge in [-0.3, -0.25) is 4.79 Å². The molecule has 1 aromatic carbocycles. The zero-order valence-corrected chi connectivity index (χ0v) is 15.2. The van der Waals surface area contributed by atoms with Gasteiger partial charge in [-0.25, -0.2) is 0 Å². The molecule has 1 aliphatic heterocycles. The second-order valence-electron chi connectivity index (χ2n) is 8.88. The first-order valence-electron chi connectivity index (χ1n) is 9.74. The predicted molar refractivity (Wildman–Crippen MR) is 98.7 cm³/mol. The van der Waals surface area contributed by atoms with Crippen LogP contribution in [0.2, 0.25) is 0 Å². The van der Waals surface area contributed by atoms with Crippen LogP contribution in [0, 0.1) is 10.8 Å². The van der Waals surface area contributed by atoms with E-state index in [1.165, 1.54) is 24.8 Å². The zero-order valence-electron chi connectivity index (χ0n) is 15.2. The standard InChI is InChI=1S/C21H30N2O2/c1-20(19(24)25)9-11-23(12-10-20)15-21(7-8-21)14-22-18-13-17(18)16-5-3-2-4-6-16/h2-6,17-18,22H,7-15H2,1H3,(H,24,25)/t17-,18+/m1/s1. The summed E-state index contributed by atoms with van der Waals surface area (Å²) < 4.78 is 0. The van der Waals surface area contributed by atoms with Crippen molar-refractivity contribution in [2.75, 3.05) is 26.2 Å². The van der Waals surface area contributed by atoms with Gasteiger partial charge in [0.1, 0.15) is 0 Å². The van der Waals surface area contributed by atoms with Gasteiger partial charge in [0, 0.05) is 25.0 Å². The summed E-state index contributed by atoms with van der Waals surface area (Å²) >= 11 is 0. The van der Waals surface area contributed by atoms with E-state index >= 15 is 0 Å². The number of nitrogens with zero attached hydrogens (tertiary/aromatic N) is 1. The molecule has 0 aromatic heterocycles. The zero-order chi connectivity index (χ0) is 17.5. The number of piperidine rings is 1. The molecule has 0 bridgehead atoms. The normalized spacial score (nSPS) is 30.0. The Balaban J connectivity index is 1.23. The lowest BCUT2D eigenvalue weighted by molar-refractivity contribution is -0.150. The van der Waals surface area contributed by atoms with E-state index < -0.39 is 11.4 Å². The van der Waals surface area contributed by atoms with Crippen LogP contribution in [-0.4, -0.2) is 48.2 Å². The number of rotatable bonds is 7. The molecule has 4 rings (SSSR count). The minimum atomic E-state index is -0.629. The number of carboxylic acids is 1. The quantitative estimate of drug-likeness (QED) is 0.799. The maximum Gasteiger partial charge on any atom is 0.309 e. The Morgan fingerprint density at radius 1 is 1.20 bits per heavy atom. The molecule has 4 nitrogen and oxygen atoms in total. The van der Waals surface area contributed by atoms with Gasteiger partial charge in [-0.15, -0.1) is 0 Å². The summed E-state index contributed by atoms with van der Waals surface area (Å²) in [6.45, 7) is 6.02. The van der Waals surface area contributed by atoms with E-state index in [1.54, 1.807) is 0 Å². The molecule has 3 fully saturated rings. The molecule has 1 heterocycles. The third-order valence-electron chi connectivity index (χ3n) is 6.75. The molecule has 0 unspecified atom stereocenters. The largest absolute Gasteiger partial charge is 0.481 e. The molecule has 4 heteroatoms. The minimum absolute atomic E-state index is 0.445. The van der Waals surface area contributed by atoms with Gasteiger partial charge in [0.25, 0.3) is 0 Å². The molecule has 1 aromatic rings. The maximum absolute atomic E-state index is 11.4. The fraction of sp³-hybridized carbons (Fsp3) is 0.667. The number of hydrogen-bond acceptors (Lipinski definition) is 3. The van der Waals surface area contributed by atoms with E-state index in [-0.39, 0.29) is 0 Å². The number of benzene rings is 1. The lowest BCUT2D eigenvalue weighted by atomic mass is 9.80. The van der Waals surface area contributed by atoms with Crippen molar-refractivity contribution in [2.45, 2.75) is 51.0 Å². The first-order chi connectivity index (χ1) is 12.0. The molecule has 2 atom stereocenters. The first-order valence-corrected chi connectivity index (χ1v) is 9.74. The third-order valence-corrected chi connectivity index (χ3v) is 6.75. The lowest BCUT2D eigenvalue weighted by Gasteiger charge is -2.38. The average Bonchev–Trinajstić information content (AvgIpc) is 3.52. The lowest BCUT2D eigenvalue weighted by Crippen LogP contribution is -2.46. The van der Waals surface area contributed by atoms with Gasteiger partial charge >= 0.3 is 5.97 Å². The summed E-state index contributed by atoms with van der Waals surface area (Å²) in [7, 11) is 0. The number of likely N-dealkylation sites (tertiary alicyclic amines) is 1. The molecular formula is C21H30N2O2. The van der Waals surface area contributed by atoms with E-state index in [2.05, 4.69) is 40.5 Å². The highest BCUT2D eigenvalue weighted by atomic mass is 16.4. The Labute approximate surface area is 150 Å². The Morgan fingerprint density at radius 2 is 1.88 bits per heavy atom. The second kappa shape index (κ2) is 6.40. The van der Waals surface area contributed by atoms with Gasteiger partial charge < -0.3 is 15.3 Å². The third kappa shape index (κ3) is 3.75. The van der Waals surface area contributed by atoms with Crippen LogP contribution in [-0.2, 0) is 4.79 Å². The Morgan fingerprint density at radius 3 is 2.48 bits per heavy atom. The van der Waals surface area contributed by atoms with Crippen LogP contribution >= 0.6 is 0 Å². The second-order valence-corrected chi connectivity index (χ2v) is 8.88. The van der Waals surface area contributed by atoms with Gasteiger partial charge in [-0.05, 0) is 63.1 Å². The number of carboxylic acid groups (broad SMARTS) is 1. The molecule has 2 N–H and O–H groups in total. The van der Waals surface area contributed by atoms with Crippen LogP contribution in [0.5, 0.6) is 0 Å². The summed E-state index contributed by atoms with van der Waals surface area (Å²) in [5, 5.41) is 13.2. The van der Waals surface area contributed by atoms with Gasteiger partial charge in [0.15, 0.2) is 0 Å². The van der Waals surface area contributed by atoms with Crippen LogP contribution in [0.15, 0.2) is 30.3 Å². The van der Waals surface area contributed by atoms with E-state index in [9.17, 15) is 9.90 Å². The molecule has 25 heavy (non-hydrogen) atoms. The molecule has 136 valence electrons. The molecular weight excluding hydrogens is 312 g/mol. The highest BCUT2D eigenvalue weighted by Crippen LogP contribution is 2.48. The van der Waals surface area contributed by atoms with Gasteiger partial charge in [-0.1, -0.05) is 30.3 Å². The monoisotopic (exact) mass is 342 g/mol. The number of aliphatic carboxylic acids is 1. The molecule has 0 amide bonds. The van der Waals surface area contributed by atoms with E-state index in [1.807, 2.05) is 6.92 Å². The van der Waals surface area contributed by atoms with Crippen LogP contribution < -0.4 is 5.32 Å². The van der Waals surface area contributed by atoms with Crippen LogP contribution in [0.3, 0.4) is 0 Å². The summed E-state index contributed by atoms with van der Waals surface area (Å²) in [5.41, 5.74) is 1.40. The minimum Gasteiger partial charge on any atom is -0.481 e. The highest BCUT2D eigenvalue weighted by Gasteiger charge is 2.47. The van der Waals surface area contributed by atoms with Crippen molar-refractivity contribution in [1.82, 2.24) is 10.2 Å². The number of nitrogens with one attached hydrogen (secondary N) is 1. The smallest absolute Gasteiger partial charge is 0.309 e. The SMILES string of the molecule is CC1(C(=O)O)CCN(CC2(CN[C@H]3C[C@@H]3c3ccccc3)CC2)CC1. The predicted octanol–water partition coefficient (Wildman–Crippen LogP) is 3.10. The molecule has 2 aliphatic carbocycles. The van der Waals surface area contributed by atoms with Crippen LogP contribution in [0.1, 0.15) is 50.5 Å². The van der Waals surface area contributed by atoms with Crippen molar-refractivity contribution in [1.29, 1.82) is 0 Å². The van der Waals surface area contributed by atoms with Crippen molar-refractivity contribution in [3.63, 3.8) is 0 Å². The summed E-state index contributed by atoms with van der Waals surface area (Å²) in [6, 6.07) is 11.5. The Kier molecular flexibility index (Phi) is 4.37. The summed E-state index contributed by atoms with van der Waals surface area (Å²) in [6.07, 6.45) is 5.46. The highest BCUT2D eigenvalue weighted by molar-refractivity contribution is 5.74. The Hall–Kier alpha value is -1.39. The number of carbonyl (C=O) groups is 1. The van der Waals surface area contributed by atoms with Gasteiger partial charge in [0.05, 0.1) is 5.41 Å². The topological polar surface area (TPSA) is 52.6 Å². The molecule has 3 aliphatic rings. The molecule has 0 spiro atoms. The molecule has 0 radical (unpaired) electrons. The van der Waals surface area contributed by atoms with E-state index in [4.69, 9.17) is 0 Å². The van der Waals surface area contributed by atoms with Crippen molar-refractivity contribution < 1.29 is 9.90 Å². The van der Waals surface area contributed by atoms with Gasteiger partial charge in [-0.2, -0.15) is 0 Å². The average molecular weight is 342 g/mol. The summed E-state index contributed by atoms with van der Waals surface area (Å²) in [4.78, 5) is 13.9. The summed E-state index contributed by atoms with van der Waals surface area (Å²) in [5.74, 6) is 0.0684. The molecule has 2 saturated carbocycles. The first kappa shape index (κ1) is 17.0. The van der Waals surface area contributed by atoms with Crippen LogP contribution in [0.25, 0.3) is 0 Å². The van der Waals surface area contributed by atoms with Crippen LogP contribution in [0.4, 0.5) is 0 Å². The van der Waals surface area contributed by atoms with Crippen molar-refractivity contribution >= 4 is 5.97 Å². The molecule has 1 saturated heterocycles. The maximum atomic E-state index is 11.4. The van der Waals surface area contributed by atoms with Crippen molar-refractivity contribution in [3.8, 4) is 0 Å². The van der Waals surface area contributed by atoms with Gasteiger partial charge in [0.2, 0.25) is 0 Å². The fourth-order valence-electron chi connectivity index (χ4n) is 4.30.